The Morgan fingerprint density at radius 2 is 2.19 bits per heavy atom. The molecule has 1 aromatic carbocycles. The van der Waals surface area contributed by atoms with Gasteiger partial charge in [-0.1, -0.05) is 6.07 Å². The molecule has 0 amide bonds. The van der Waals surface area contributed by atoms with Gasteiger partial charge in [-0.25, -0.2) is 4.85 Å². The molecular formula is C10H5N3O3. The van der Waals surface area contributed by atoms with E-state index in [4.69, 9.17) is 6.57 Å². The maximum Gasteiger partial charge on any atom is 0.332 e. The van der Waals surface area contributed by atoms with Gasteiger partial charge >= 0.3 is 5.69 Å². The number of H-pyrrole nitrogens is 1. The van der Waals surface area contributed by atoms with E-state index in [0.29, 0.717) is 5.52 Å². The molecule has 2 aromatic rings. The Labute approximate surface area is 89.1 Å². The Hall–Kier alpha value is -2.68. The van der Waals surface area contributed by atoms with Crippen LogP contribution in [0.3, 0.4) is 0 Å². The number of pyridine rings is 1. The second-order valence-electron chi connectivity index (χ2n) is 3.10. The fourth-order valence-electron chi connectivity index (χ4n) is 1.40. The number of hydrogen-bond donors (Lipinski definition) is 1. The summed E-state index contributed by atoms with van der Waals surface area (Å²) in [6.07, 6.45) is 1.06. The minimum absolute atomic E-state index is 0.155. The Morgan fingerprint density at radius 3 is 2.81 bits per heavy atom. The van der Waals surface area contributed by atoms with Crippen molar-refractivity contribution < 1.29 is 4.92 Å². The first-order valence-corrected chi connectivity index (χ1v) is 4.31. The average molecular weight is 215 g/mol. The molecule has 0 atom stereocenters. The number of benzene rings is 1. The molecule has 0 unspecified atom stereocenters. The monoisotopic (exact) mass is 215 g/mol. The number of hydrogen-bond acceptors (Lipinski definition) is 3. The smallest absolute Gasteiger partial charge is 0.332 e. The van der Waals surface area contributed by atoms with E-state index >= 15 is 0 Å². The fraction of sp³-hybridized carbons (Fsp3) is 0. The SMILES string of the molecule is [C-]#[N+]c1ccc2[nH]cc([N+](=O)[O-])c(=O)c2c1. The lowest BCUT2D eigenvalue weighted by Gasteiger charge is -1.97. The molecule has 16 heavy (non-hydrogen) atoms. The van der Waals surface area contributed by atoms with Crippen LogP contribution < -0.4 is 5.43 Å². The molecule has 1 heterocycles. The second kappa shape index (κ2) is 3.47. The number of rotatable bonds is 1. The van der Waals surface area contributed by atoms with Crippen molar-refractivity contribution in [1.82, 2.24) is 4.98 Å². The van der Waals surface area contributed by atoms with Crippen LogP contribution in [0.1, 0.15) is 0 Å². The molecule has 0 saturated carbocycles. The average Bonchev–Trinajstić information content (AvgIpc) is 2.28. The highest BCUT2D eigenvalue weighted by molar-refractivity contribution is 5.83. The highest BCUT2D eigenvalue weighted by Gasteiger charge is 2.14. The third-order valence-corrected chi connectivity index (χ3v) is 2.17. The summed E-state index contributed by atoms with van der Waals surface area (Å²) < 4.78 is 0. The van der Waals surface area contributed by atoms with Gasteiger partial charge in [0.15, 0.2) is 5.69 Å². The summed E-state index contributed by atoms with van der Waals surface area (Å²) in [5, 5.41) is 10.7. The van der Waals surface area contributed by atoms with E-state index in [1.54, 1.807) is 6.07 Å². The minimum Gasteiger partial charge on any atom is -0.355 e. The number of aromatic amines is 1. The van der Waals surface area contributed by atoms with Crippen LogP contribution in [0.5, 0.6) is 0 Å². The Balaban J connectivity index is 2.88. The largest absolute Gasteiger partial charge is 0.355 e. The summed E-state index contributed by atoms with van der Waals surface area (Å²) in [6, 6.07) is 4.43. The van der Waals surface area contributed by atoms with Crippen molar-refractivity contribution in [2.75, 3.05) is 0 Å². The first-order valence-electron chi connectivity index (χ1n) is 4.31. The molecule has 1 N–H and O–H groups in total. The van der Waals surface area contributed by atoms with E-state index in [2.05, 4.69) is 9.83 Å². The zero-order valence-electron chi connectivity index (χ0n) is 7.93. The van der Waals surface area contributed by atoms with Gasteiger partial charge in [0.2, 0.25) is 0 Å². The van der Waals surface area contributed by atoms with E-state index in [0.717, 1.165) is 6.20 Å². The molecule has 6 nitrogen and oxygen atoms in total. The standard InChI is InChI=1S/C10H5N3O3/c1-11-6-2-3-8-7(4-6)10(14)9(5-12-8)13(15)16/h2-5H,(H,12,14). The van der Waals surface area contributed by atoms with Crippen LogP contribution in [0, 0.1) is 16.7 Å². The van der Waals surface area contributed by atoms with Crippen molar-refractivity contribution in [3.05, 3.63) is 56.2 Å². The minimum atomic E-state index is -0.747. The Morgan fingerprint density at radius 1 is 1.44 bits per heavy atom. The van der Waals surface area contributed by atoms with Crippen molar-refractivity contribution in [3.63, 3.8) is 0 Å². The molecule has 0 radical (unpaired) electrons. The number of nitro groups is 1. The third-order valence-electron chi connectivity index (χ3n) is 2.17. The number of aromatic nitrogens is 1. The molecule has 0 fully saturated rings. The van der Waals surface area contributed by atoms with Gasteiger partial charge in [-0.2, -0.15) is 0 Å². The molecule has 0 saturated heterocycles. The lowest BCUT2D eigenvalue weighted by atomic mass is 10.2. The molecule has 6 heteroatoms. The summed E-state index contributed by atoms with van der Waals surface area (Å²) in [6.45, 7) is 6.81. The van der Waals surface area contributed by atoms with Crippen molar-refractivity contribution in [2.24, 2.45) is 0 Å². The Bertz CT molecular complexity index is 682. The van der Waals surface area contributed by atoms with Crippen LogP contribution >= 0.6 is 0 Å². The van der Waals surface area contributed by atoms with E-state index in [9.17, 15) is 14.9 Å². The van der Waals surface area contributed by atoms with E-state index in [1.807, 2.05) is 0 Å². The fourth-order valence-corrected chi connectivity index (χ4v) is 1.40. The summed E-state index contributed by atoms with van der Waals surface area (Å²) in [5.41, 5.74) is -0.444. The normalized spacial score (nSPS) is 9.94. The van der Waals surface area contributed by atoms with Crippen LogP contribution in [-0.4, -0.2) is 9.91 Å². The molecule has 1 aromatic heterocycles. The predicted octanol–water partition coefficient (Wildman–Crippen LogP) is 1.99. The topological polar surface area (TPSA) is 80.4 Å². The van der Waals surface area contributed by atoms with E-state index in [1.165, 1.54) is 12.1 Å². The lowest BCUT2D eigenvalue weighted by Crippen LogP contribution is -2.08. The second-order valence-corrected chi connectivity index (χ2v) is 3.10. The predicted molar refractivity (Wildman–Crippen MR) is 57.5 cm³/mol. The molecule has 0 aliphatic carbocycles. The number of nitrogens with one attached hydrogen (secondary N) is 1. The molecule has 0 bridgehead atoms. The van der Waals surface area contributed by atoms with Gasteiger partial charge in [-0.3, -0.25) is 14.9 Å². The van der Waals surface area contributed by atoms with Crippen LogP contribution in [0.25, 0.3) is 15.7 Å². The van der Waals surface area contributed by atoms with Crippen molar-refractivity contribution in [3.8, 4) is 0 Å². The van der Waals surface area contributed by atoms with Crippen molar-refractivity contribution in [2.45, 2.75) is 0 Å². The van der Waals surface area contributed by atoms with Gasteiger partial charge in [0.1, 0.15) is 0 Å². The van der Waals surface area contributed by atoms with Gasteiger partial charge in [0.25, 0.3) is 5.43 Å². The molecule has 0 aliphatic heterocycles. The molecule has 2 rings (SSSR count). The first-order chi connectivity index (χ1) is 7.63. The first kappa shape index (κ1) is 9.86. The maximum atomic E-state index is 11.7. The molecule has 0 spiro atoms. The van der Waals surface area contributed by atoms with Gasteiger partial charge < -0.3 is 4.98 Å². The van der Waals surface area contributed by atoms with Crippen molar-refractivity contribution in [1.29, 1.82) is 0 Å². The zero-order chi connectivity index (χ0) is 11.7. The number of fused-ring (bicyclic) bond motifs is 1. The van der Waals surface area contributed by atoms with Gasteiger partial charge in [-0.05, 0) is 12.1 Å². The van der Waals surface area contributed by atoms with Crippen LogP contribution in [0.2, 0.25) is 0 Å². The van der Waals surface area contributed by atoms with Crippen molar-refractivity contribution >= 4 is 22.3 Å². The summed E-state index contributed by atoms with van der Waals surface area (Å²) >= 11 is 0. The molecule has 0 aliphatic rings. The Kier molecular flexibility index (Phi) is 2.14. The van der Waals surface area contributed by atoms with E-state index in [-0.39, 0.29) is 11.1 Å². The van der Waals surface area contributed by atoms with Gasteiger partial charge in [-0.15, -0.1) is 0 Å². The molecule has 78 valence electrons. The van der Waals surface area contributed by atoms with Gasteiger partial charge in [0, 0.05) is 10.9 Å². The molecular weight excluding hydrogens is 210 g/mol. The van der Waals surface area contributed by atoms with Crippen LogP contribution in [-0.2, 0) is 0 Å². The summed E-state index contributed by atoms with van der Waals surface area (Å²) in [7, 11) is 0. The van der Waals surface area contributed by atoms with E-state index < -0.39 is 16.0 Å². The summed E-state index contributed by atoms with van der Waals surface area (Å²) in [5.74, 6) is 0. The number of nitrogens with zero attached hydrogens (tertiary/aromatic N) is 2. The van der Waals surface area contributed by atoms with Gasteiger partial charge in [0.05, 0.1) is 17.7 Å². The van der Waals surface area contributed by atoms with Crippen LogP contribution in [0.4, 0.5) is 11.4 Å². The quantitative estimate of drug-likeness (QED) is 0.448. The summed E-state index contributed by atoms with van der Waals surface area (Å²) in [4.78, 5) is 27.3. The highest BCUT2D eigenvalue weighted by atomic mass is 16.6. The maximum absolute atomic E-state index is 11.7. The zero-order valence-corrected chi connectivity index (χ0v) is 7.93. The van der Waals surface area contributed by atoms with Crippen LogP contribution in [0.15, 0.2) is 29.2 Å². The third kappa shape index (κ3) is 1.40. The lowest BCUT2D eigenvalue weighted by molar-refractivity contribution is -0.386. The highest BCUT2D eigenvalue weighted by Crippen LogP contribution is 2.18.